The van der Waals surface area contributed by atoms with Gasteiger partial charge in [0.2, 0.25) is 0 Å². The fourth-order valence-electron chi connectivity index (χ4n) is 4.93. The molecule has 12 heteroatoms. The van der Waals surface area contributed by atoms with E-state index in [4.69, 9.17) is 0 Å². The zero-order valence-electron chi connectivity index (χ0n) is 21.7. The normalized spacial score (nSPS) is 11.4. The van der Waals surface area contributed by atoms with E-state index in [-0.39, 0.29) is 5.71 Å². The van der Waals surface area contributed by atoms with Crippen LogP contribution in [0, 0.1) is 52.4 Å². The van der Waals surface area contributed by atoms with Gasteiger partial charge in [0.15, 0.2) is 58.6 Å². The van der Waals surface area contributed by atoms with Crippen LogP contribution in [0.2, 0.25) is 0 Å². The summed E-state index contributed by atoms with van der Waals surface area (Å²) in [6.45, 7) is 0. The van der Waals surface area contributed by atoms with E-state index in [2.05, 4.69) is 10.4 Å². The average molecular weight is 599 g/mol. The van der Waals surface area contributed by atoms with Crippen molar-refractivity contribution in [3.63, 3.8) is 0 Å². The van der Waals surface area contributed by atoms with E-state index in [0.717, 1.165) is 0 Å². The van der Waals surface area contributed by atoms with Crippen molar-refractivity contribution < 1.29 is 39.5 Å². The van der Waals surface area contributed by atoms with Gasteiger partial charge in [0.05, 0.1) is 5.71 Å². The first kappa shape index (κ1) is 29.5. The molecule has 0 unspecified atom stereocenters. The number of halogens is 9. The lowest BCUT2D eigenvalue weighted by Gasteiger charge is -2.43. The molecule has 1 N–H and O–H groups in total. The monoisotopic (exact) mass is 599 g/mol. The van der Waals surface area contributed by atoms with Gasteiger partial charge in [-0.1, -0.05) is 97.1 Å². The Morgan fingerprint density at radius 3 is 1.00 bits per heavy atom. The number of hydrazone groups is 1. The summed E-state index contributed by atoms with van der Waals surface area (Å²) in [5.41, 5.74) is -0.920. The number of benzene rings is 5. The van der Waals surface area contributed by atoms with Gasteiger partial charge in [-0.3, -0.25) is 0 Å². The van der Waals surface area contributed by atoms with Crippen molar-refractivity contribution in [2.24, 2.45) is 5.10 Å². The quantitative estimate of drug-likeness (QED) is 0.0809. The van der Waals surface area contributed by atoms with E-state index in [0.29, 0.717) is 47.5 Å². The van der Waals surface area contributed by atoms with Crippen molar-refractivity contribution in [3.8, 4) is 0 Å². The van der Waals surface area contributed by atoms with Gasteiger partial charge in [0, 0.05) is 11.1 Å². The molecular formula is C31H17BF9N2-. The molecule has 0 spiro atoms. The Bertz CT molecular complexity index is 1600. The highest BCUT2D eigenvalue weighted by atomic mass is 19.2. The van der Waals surface area contributed by atoms with Gasteiger partial charge in [-0.25, -0.2) is 44.6 Å². The molecule has 0 fully saturated rings. The Hall–Kier alpha value is -5.00. The second kappa shape index (κ2) is 11.7. The molecule has 0 aromatic heterocycles. The maximum absolute atomic E-state index is 14.7. The maximum Gasteiger partial charge on any atom is 0.194 e. The minimum atomic E-state index is -3.68. The van der Waals surface area contributed by atoms with E-state index in [9.17, 15) is 39.5 Å². The highest BCUT2D eigenvalue weighted by molar-refractivity contribution is 7.09. The molecule has 0 saturated carbocycles. The Kier molecular flexibility index (Phi) is 8.03. The Labute approximate surface area is 239 Å². The van der Waals surface area contributed by atoms with Gasteiger partial charge in [-0.05, 0) is 0 Å². The van der Waals surface area contributed by atoms with Crippen molar-refractivity contribution in [1.29, 1.82) is 0 Å². The molecule has 0 bridgehead atoms. The minimum Gasteiger partial charge on any atom is -0.465 e. The molecule has 2 nitrogen and oxygen atoms in total. The molecule has 5 rings (SSSR count). The third-order valence-corrected chi connectivity index (χ3v) is 6.98. The molecule has 43 heavy (non-hydrogen) atoms. The highest BCUT2D eigenvalue weighted by Crippen LogP contribution is 2.19. The summed E-state index contributed by atoms with van der Waals surface area (Å²) in [7, 11) is 0. The van der Waals surface area contributed by atoms with E-state index < -0.39 is 75.0 Å². The summed E-state index contributed by atoms with van der Waals surface area (Å²) in [6, 6.07) is 19.1. The molecular weight excluding hydrogens is 582 g/mol. The summed E-state index contributed by atoms with van der Waals surface area (Å²) in [5, 5.41) is 6.97. The molecule has 0 saturated heterocycles. The van der Waals surface area contributed by atoms with Gasteiger partial charge < -0.3 is 5.34 Å². The second-order valence-corrected chi connectivity index (χ2v) is 9.58. The van der Waals surface area contributed by atoms with Crippen molar-refractivity contribution in [2.45, 2.75) is 0 Å². The van der Waals surface area contributed by atoms with Gasteiger partial charge in [0.1, 0.15) is 0 Å². The largest absolute Gasteiger partial charge is 0.465 e. The van der Waals surface area contributed by atoms with E-state index in [1.165, 1.54) is 0 Å². The topological polar surface area (TPSA) is 24.4 Å². The number of hydrogen-bond acceptors (Lipinski definition) is 2. The van der Waals surface area contributed by atoms with Crippen LogP contribution in [0.15, 0.2) is 102 Å². The number of nitrogens with one attached hydrogen (secondary N) is 1. The van der Waals surface area contributed by atoms with Gasteiger partial charge >= 0.3 is 0 Å². The zero-order chi connectivity index (χ0) is 30.9. The van der Waals surface area contributed by atoms with Crippen molar-refractivity contribution in [2.75, 3.05) is 0 Å². The zero-order valence-corrected chi connectivity index (χ0v) is 21.7. The molecule has 218 valence electrons. The van der Waals surface area contributed by atoms with Crippen LogP contribution in [0.5, 0.6) is 0 Å². The number of nitrogens with zero attached hydrogens (tertiary/aromatic N) is 1. The molecule has 0 atom stereocenters. The summed E-state index contributed by atoms with van der Waals surface area (Å²) >= 11 is 0. The van der Waals surface area contributed by atoms with Crippen molar-refractivity contribution in [3.05, 3.63) is 161 Å². The summed E-state index contributed by atoms with van der Waals surface area (Å²) < 4.78 is 130. The van der Waals surface area contributed by atoms with Crippen LogP contribution >= 0.6 is 0 Å². The van der Waals surface area contributed by atoms with Crippen LogP contribution < -0.4 is 21.7 Å². The number of hydrogen-bond donors (Lipinski definition) is 1. The van der Waals surface area contributed by atoms with Crippen LogP contribution in [-0.2, 0) is 0 Å². The molecule has 0 aliphatic rings. The summed E-state index contributed by atoms with van der Waals surface area (Å²) in [6.07, 6.45) is -3.68. The van der Waals surface area contributed by atoms with Crippen molar-refractivity contribution >= 4 is 28.4 Å². The Balaban J connectivity index is 1.91. The van der Waals surface area contributed by atoms with Crippen LogP contribution in [0.3, 0.4) is 0 Å². The smallest absolute Gasteiger partial charge is 0.194 e. The molecule has 5 aromatic rings. The molecule has 0 amide bonds. The van der Waals surface area contributed by atoms with E-state index >= 15 is 0 Å². The van der Waals surface area contributed by atoms with E-state index in [1.807, 2.05) is 0 Å². The third kappa shape index (κ3) is 5.48. The molecule has 0 aliphatic carbocycles. The second-order valence-electron chi connectivity index (χ2n) is 9.58. The minimum absolute atomic E-state index is 0.140. The average Bonchev–Trinajstić information content (AvgIpc) is 3.00. The molecule has 5 aromatic carbocycles. The third-order valence-electron chi connectivity index (χ3n) is 6.98. The lowest BCUT2D eigenvalue weighted by atomic mass is 9.24. The standard InChI is InChI=1S/C31H17BF9N2/c33-22-11-19(12-23(34)28(22)39)32(20-13-24(35)29(40)25(36)14-20,21-15-26(37)30(41)27(38)16-21)43-42-31(17-7-3-1-4-8-17)18-9-5-2-6-10-18/h1-16,43H/q-1. The van der Waals surface area contributed by atoms with Crippen LogP contribution in [-0.4, -0.2) is 12.0 Å². The van der Waals surface area contributed by atoms with Crippen molar-refractivity contribution in [1.82, 2.24) is 5.34 Å². The summed E-state index contributed by atoms with van der Waals surface area (Å²) in [4.78, 5) is 0. The maximum atomic E-state index is 14.7. The van der Waals surface area contributed by atoms with Gasteiger partial charge in [0.25, 0.3) is 0 Å². The fourth-order valence-corrected chi connectivity index (χ4v) is 4.93. The SMILES string of the molecule is Fc1cc([B-](NN=C(c2ccccc2)c2ccccc2)(c2cc(F)c(F)c(F)c2)c2cc(F)c(F)c(F)c2)cc(F)c1F. The first-order valence-corrected chi connectivity index (χ1v) is 12.6. The first-order valence-electron chi connectivity index (χ1n) is 12.6. The predicted octanol–water partition coefficient (Wildman–Crippen LogP) is 5.95. The van der Waals surface area contributed by atoms with E-state index in [1.54, 1.807) is 60.7 Å². The summed E-state index contributed by atoms with van der Waals surface area (Å²) in [5.74, 6) is -16.4. The van der Waals surface area contributed by atoms with Crippen LogP contribution in [0.4, 0.5) is 39.5 Å². The Morgan fingerprint density at radius 1 is 0.442 bits per heavy atom. The lowest BCUT2D eigenvalue weighted by molar-refractivity contribution is 0.447. The van der Waals surface area contributed by atoms with Crippen LogP contribution in [0.1, 0.15) is 11.1 Å². The van der Waals surface area contributed by atoms with Crippen LogP contribution in [0.25, 0.3) is 0 Å². The van der Waals surface area contributed by atoms with Gasteiger partial charge in [-0.15, -0.1) is 0 Å². The lowest BCUT2D eigenvalue weighted by Crippen LogP contribution is -2.75. The fraction of sp³-hybridized carbons (Fsp3) is 0. The highest BCUT2D eigenvalue weighted by Gasteiger charge is 2.36. The molecule has 0 radical (unpaired) electrons. The predicted molar refractivity (Wildman–Crippen MR) is 145 cm³/mol. The molecule has 0 aliphatic heterocycles. The first-order chi connectivity index (χ1) is 20.5. The van der Waals surface area contributed by atoms with Gasteiger partial charge in [-0.2, -0.15) is 16.4 Å². The Morgan fingerprint density at radius 2 is 0.721 bits per heavy atom. The molecule has 0 heterocycles. The number of rotatable bonds is 7.